The van der Waals surface area contributed by atoms with Gasteiger partial charge in [-0.3, -0.25) is 0 Å². The number of rotatable bonds is 8. The van der Waals surface area contributed by atoms with Crippen molar-refractivity contribution in [3.63, 3.8) is 0 Å². The summed E-state index contributed by atoms with van der Waals surface area (Å²) < 4.78 is 22.2. The fraction of sp³-hybridized carbons (Fsp3) is 1.00. The predicted molar refractivity (Wildman–Crippen MR) is 76.5 cm³/mol. The minimum Gasteiger partial charge on any atom is -0.313 e. The second-order valence-corrected chi connectivity index (χ2v) is 8.49. The van der Waals surface area contributed by atoms with Crippen LogP contribution in [0.3, 0.4) is 0 Å². The Morgan fingerprint density at radius 3 is 2.76 bits per heavy atom. The molecule has 1 aliphatic heterocycles. The molecular weight excluding hydrogens is 254 g/mol. The second kappa shape index (κ2) is 7.64. The topological polar surface area (TPSA) is 46.2 Å². The molecule has 0 radical (unpaired) electrons. The Bertz CT molecular complexity index is 298. The smallest absolute Gasteiger partial charge is 0.147 e. The third kappa shape index (κ3) is 6.67. The summed E-state index contributed by atoms with van der Waals surface area (Å²) in [6, 6.07) is 0.504. The molecule has 3 nitrogen and oxygen atoms in total. The maximum Gasteiger partial charge on any atom is 0.147 e. The first-order chi connectivity index (χ1) is 8.03. The Morgan fingerprint density at radius 2 is 2.24 bits per heavy atom. The van der Waals surface area contributed by atoms with Gasteiger partial charge in [0.1, 0.15) is 9.84 Å². The predicted octanol–water partition coefficient (Wildman–Crippen LogP) is 2.08. The van der Waals surface area contributed by atoms with Gasteiger partial charge in [0.05, 0.1) is 0 Å². The molecule has 1 N–H and O–H groups in total. The third-order valence-electron chi connectivity index (χ3n) is 3.10. The highest BCUT2D eigenvalue weighted by Gasteiger charge is 2.24. The zero-order valence-electron chi connectivity index (χ0n) is 10.9. The molecule has 0 aromatic heterocycles. The summed E-state index contributed by atoms with van der Waals surface area (Å²) in [4.78, 5) is 0. The van der Waals surface area contributed by atoms with Gasteiger partial charge in [-0.25, -0.2) is 8.42 Å². The molecule has 2 atom stereocenters. The van der Waals surface area contributed by atoms with E-state index in [9.17, 15) is 8.42 Å². The lowest BCUT2D eigenvalue weighted by molar-refractivity contribution is 0.453. The monoisotopic (exact) mass is 279 g/mol. The highest BCUT2D eigenvalue weighted by Crippen LogP contribution is 2.30. The zero-order valence-corrected chi connectivity index (χ0v) is 12.6. The van der Waals surface area contributed by atoms with Crippen molar-refractivity contribution in [2.45, 2.75) is 50.3 Å². The summed E-state index contributed by atoms with van der Waals surface area (Å²) in [7, 11) is -2.80. The number of hydrogen-bond acceptors (Lipinski definition) is 4. The number of nitrogens with one attached hydrogen (secondary N) is 1. The first-order valence-electron chi connectivity index (χ1n) is 6.55. The summed E-state index contributed by atoms with van der Waals surface area (Å²) >= 11 is 2.05. The highest BCUT2D eigenvalue weighted by molar-refractivity contribution is 8.00. The van der Waals surface area contributed by atoms with E-state index in [-0.39, 0.29) is 0 Å². The lowest BCUT2D eigenvalue weighted by Gasteiger charge is -2.24. The molecule has 0 amide bonds. The summed E-state index contributed by atoms with van der Waals surface area (Å²) in [5.41, 5.74) is 0. The summed E-state index contributed by atoms with van der Waals surface area (Å²) in [5, 5.41) is 4.28. The van der Waals surface area contributed by atoms with Crippen molar-refractivity contribution >= 4 is 21.6 Å². The molecular formula is C12H25NO2S2. The molecule has 0 saturated carbocycles. The first kappa shape index (κ1) is 15.3. The Balaban J connectivity index is 2.34. The number of hydrogen-bond donors (Lipinski definition) is 1. The molecule has 102 valence electrons. The van der Waals surface area contributed by atoms with Crippen molar-refractivity contribution in [2.75, 3.05) is 24.3 Å². The molecule has 1 fully saturated rings. The maximum atomic E-state index is 11.1. The molecule has 1 heterocycles. The third-order valence-corrected chi connectivity index (χ3v) is 5.65. The van der Waals surface area contributed by atoms with Crippen LogP contribution in [0.15, 0.2) is 0 Å². The van der Waals surface area contributed by atoms with E-state index in [4.69, 9.17) is 0 Å². The molecule has 1 rings (SSSR count). The van der Waals surface area contributed by atoms with Crippen LogP contribution in [-0.4, -0.2) is 44.0 Å². The van der Waals surface area contributed by atoms with Crippen molar-refractivity contribution < 1.29 is 8.42 Å². The second-order valence-electron chi connectivity index (χ2n) is 4.88. The molecule has 0 aliphatic carbocycles. The van der Waals surface area contributed by atoms with Gasteiger partial charge in [0.2, 0.25) is 0 Å². The van der Waals surface area contributed by atoms with Gasteiger partial charge in [-0.2, -0.15) is 11.8 Å². The van der Waals surface area contributed by atoms with E-state index in [1.54, 1.807) is 0 Å². The van der Waals surface area contributed by atoms with Crippen molar-refractivity contribution in [3.8, 4) is 0 Å². The van der Waals surface area contributed by atoms with Crippen molar-refractivity contribution in [1.29, 1.82) is 0 Å². The highest BCUT2D eigenvalue weighted by atomic mass is 32.2. The molecule has 5 heteroatoms. The largest absolute Gasteiger partial charge is 0.313 e. The van der Waals surface area contributed by atoms with E-state index in [0.717, 1.165) is 25.8 Å². The molecule has 0 aromatic carbocycles. The van der Waals surface area contributed by atoms with Crippen LogP contribution in [0.5, 0.6) is 0 Å². The molecule has 0 aromatic rings. The van der Waals surface area contributed by atoms with Crippen LogP contribution in [0.2, 0.25) is 0 Å². The Kier molecular flexibility index (Phi) is 6.89. The quantitative estimate of drug-likeness (QED) is 0.739. The Labute approximate surface area is 110 Å². The Hall–Kier alpha value is 0.260. The average Bonchev–Trinajstić information content (AvgIpc) is 2.74. The fourth-order valence-electron chi connectivity index (χ4n) is 2.23. The van der Waals surface area contributed by atoms with E-state index < -0.39 is 9.84 Å². The van der Waals surface area contributed by atoms with Crippen LogP contribution >= 0.6 is 11.8 Å². The Morgan fingerprint density at radius 1 is 1.47 bits per heavy atom. The molecule has 1 aliphatic rings. The molecule has 2 unspecified atom stereocenters. The van der Waals surface area contributed by atoms with Gasteiger partial charge in [0.15, 0.2) is 0 Å². The van der Waals surface area contributed by atoms with Gasteiger partial charge in [-0.1, -0.05) is 6.92 Å². The molecule has 17 heavy (non-hydrogen) atoms. The van der Waals surface area contributed by atoms with E-state index >= 15 is 0 Å². The zero-order chi connectivity index (χ0) is 12.7. The van der Waals surface area contributed by atoms with Crippen LogP contribution < -0.4 is 5.32 Å². The van der Waals surface area contributed by atoms with Gasteiger partial charge in [-0.15, -0.1) is 0 Å². The standard InChI is InChI=1S/C12H25NO2S2/c1-3-8-13-11(12-7-4-9-16-12)6-5-10-17(2,14)15/h11-13H,3-10H2,1-2H3. The van der Waals surface area contributed by atoms with Gasteiger partial charge >= 0.3 is 0 Å². The number of sulfone groups is 1. The first-order valence-corrected chi connectivity index (χ1v) is 9.66. The van der Waals surface area contributed by atoms with Crippen molar-refractivity contribution in [2.24, 2.45) is 0 Å². The summed E-state index contributed by atoms with van der Waals surface area (Å²) in [6.07, 6.45) is 6.84. The van der Waals surface area contributed by atoms with E-state index in [0.29, 0.717) is 17.0 Å². The fourth-order valence-corrected chi connectivity index (χ4v) is 4.36. The normalized spacial score (nSPS) is 22.8. The summed E-state index contributed by atoms with van der Waals surface area (Å²) in [5.74, 6) is 1.59. The van der Waals surface area contributed by atoms with E-state index in [1.165, 1.54) is 24.9 Å². The SMILES string of the molecule is CCCNC(CCCS(C)(=O)=O)C1CCCS1. The number of thioether (sulfide) groups is 1. The maximum absolute atomic E-state index is 11.1. The van der Waals surface area contributed by atoms with Crippen LogP contribution in [0.1, 0.15) is 39.0 Å². The minimum absolute atomic E-state index is 0.328. The van der Waals surface area contributed by atoms with Gasteiger partial charge < -0.3 is 5.32 Å². The van der Waals surface area contributed by atoms with Gasteiger partial charge in [0.25, 0.3) is 0 Å². The van der Waals surface area contributed by atoms with Crippen LogP contribution in [-0.2, 0) is 9.84 Å². The van der Waals surface area contributed by atoms with Crippen LogP contribution in [0.25, 0.3) is 0 Å². The molecule has 0 spiro atoms. The van der Waals surface area contributed by atoms with E-state index in [1.807, 2.05) is 11.8 Å². The van der Waals surface area contributed by atoms with Gasteiger partial charge in [-0.05, 0) is 44.4 Å². The van der Waals surface area contributed by atoms with Crippen molar-refractivity contribution in [1.82, 2.24) is 5.32 Å². The van der Waals surface area contributed by atoms with Gasteiger partial charge in [0, 0.05) is 23.3 Å². The van der Waals surface area contributed by atoms with Crippen LogP contribution in [0, 0.1) is 0 Å². The van der Waals surface area contributed by atoms with Crippen LogP contribution in [0.4, 0.5) is 0 Å². The summed E-state index contributed by atoms with van der Waals surface area (Å²) in [6.45, 7) is 3.21. The molecule has 0 bridgehead atoms. The lowest BCUT2D eigenvalue weighted by atomic mass is 10.0. The minimum atomic E-state index is -2.80. The van der Waals surface area contributed by atoms with E-state index in [2.05, 4.69) is 12.2 Å². The molecule has 1 saturated heterocycles. The lowest BCUT2D eigenvalue weighted by Crippen LogP contribution is -2.38. The van der Waals surface area contributed by atoms with Crippen molar-refractivity contribution in [3.05, 3.63) is 0 Å². The average molecular weight is 279 g/mol.